The zero-order chi connectivity index (χ0) is 28.3. The molecular weight excluding hydrogens is 514 g/mol. The molecule has 1 atom stereocenters. The highest BCUT2D eigenvalue weighted by Gasteiger charge is 2.30. The third-order valence-corrected chi connectivity index (χ3v) is 7.50. The van der Waals surface area contributed by atoms with Crippen LogP contribution in [0.3, 0.4) is 0 Å². The summed E-state index contributed by atoms with van der Waals surface area (Å²) in [5.41, 5.74) is 2.31. The molecule has 0 aliphatic carbocycles. The summed E-state index contributed by atoms with van der Waals surface area (Å²) in [5, 5.41) is 2.88. The Kier molecular flexibility index (Phi) is 10.9. The molecule has 3 rings (SSSR count). The van der Waals surface area contributed by atoms with Gasteiger partial charge < -0.3 is 15.0 Å². The lowest BCUT2D eigenvalue weighted by Crippen LogP contribution is -2.50. The van der Waals surface area contributed by atoms with E-state index in [9.17, 15) is 18.0 Å². The maximum atomic E-state index is 13.8. The monoisotopic (exact) mass is 551 g/mol. The highest BCUT2D eigenvalue weighted by Crippen LogP contribution is 2.21. The SMILES string of the molecule is CCNC(=O)C(Cc1ccccc1)N(Cc1cccc(OC)c1)C(=O)CCCN(c1ccccc1)S(C)(=O)=O. The summed E-state index contributed by atoms with van der Waals surface area (Å²) in [6, 6.07) is 25.1. The Bertz CT molecular complexity index is 1320. The number of nitrogens with zero attached hydrogens (tertiary/aromatic N) is 2. The second-order valence-electron chi connectivity index (χ2n) is 9.25. The van der Waals surface area contributed by atoms with E-state index in [2.05, 4.69) is 5.32 Å². The number of amides is 2. The van der Waals surface area contributed by atoms with Crippen LogP contribution in [0.25, 0.3) is 0 Å². The maximum absolute atomic E-state index is 13.8. The van der Waals surface area contributed by atoms with E-state index in [1.807, 2.05) is 67.6 Å². The lowest BCUT2D eigenvalue weighted by Gasteiger charge is -2.32. The highest BCUT2D eigenvalue weighted by molar-refractivity contribution is 7.92. The van der Waals surface area contributed by atoms with Crippen LogP contribution in [-0.2, 0) is 32.6 Å². The number of methoxy groups -OCH3 is 1. The van der Waals surface area contributed by atoms with E-state index in [-0.39, 0.29) is 31.3 Å². The predicted octanol–water partition coefficient (Wildman–Crippen LogP) is 4.02. The van der Waals surface area contributed by atoms with Crippen molar-refractivity contribution in [1.29, 1.82) is 0 Å². The van der Waals surface area contributed by atoms with Crippen molar-refractivity contribution >= 4 is 27.5 Å². The van der Waals surface area contributed by atoms with Crippen LogP contribution in [0, 0.1) is 0 Å². The minimum atomic E-state index is -3.54. The first-order valence-corrected chi connectivity index (χ1v) is 14.8. The van der Waals surface area contributed by atoms with Gasteiger partial charge in [-0.2, -0.15) is 0 Å². The summed E-state index contributed by atoms with van der Waals surface area (Å²) >= 11 is 0. The first-order valence-electron chi connectivity index (χ1n) is 13.0. The summed E-state index contributed by atoms with van der Waals surface area (Å²) in [6.07, 6.45) is 1.88. The average molecular weight is 552 g/mol. The van der Waals surface area contributed by atoms with Gasteiger partial charge in [0.1, 0.15) is 11.8 Å². The molecule has 0 aromatic heterocycles. The number of likely N-dealkylation sites (N-methyl/N-ethyl adjacent to an activating group) is 1. The third-order valence-electron chi connectivity index (χ3n) is 6.31. The van der Waals surface area contributed by atoms with E-state index in [0.717, 1.165) is 17.4 Å². The Hall–Kier alpha value is -3.85. The highest BCUT2D eigenvalue weighted by atomic mass is 32.2. The second-order valence-corrected chi connectivity index (χ2v) is 11.2. The molecule has 0 saturated carbocycles. The number of nitrogens with one attached hydrogen (secondary N) is 1. The fourth-order valence-corrected chi connectivity index (χ4v) is 5.38. The molecule has 0 heterocycles. The number of hydrogen-bond acceptors (Lipinski definition) is 5. The number of hydrogen-bond donors (Lipinski definition) is 1. The lowest BCUT2D eigenvalue weighted by atomic mass is 10.0. The van der Waals surface area contributed by atoms with Crippen molar-refractivity contribution in [3.63, 3.8) is 0 Å². The van der Waals surface area contributed by atoms with Crippen molar-refractivity contribution < 1.29 is 22.7 Å². The minimum absolute atomic E-state index is 0.0769. The fourth-order valence-electron chi connectivity index (χ4n) is 4.41. The van der Waals surface area contributed by atoms with Crippen LogP contribution in [0.4, 0.5) is 5.69 Å². The van der Waals surface area contributed by atoms with Crippen molar-refractivity contribution in [1.82, 2.24) is 10.2 Å². The van der Waals surface area contributed by atoms with Gasteiger partial charge in [-0.05, 0) is 48.7 Å². The Morgan fingerprint density at radius 1 is 0.923 bits per heavy atom. The van der Waals surface area contributed by atoms with Crippen LogP contribution in [-0.4, -0.2) is 57.6 Å². The molecule has 1 unspecified atom stereocenters. The van der Waals surface area contributed by atoms with Gasteiger partial charge in [-0.15, -0.1) is 0 Å². The molecule has 0 saturated heterocycles. The Balaban J connectivity index is 1.87. The molecule has 3 aromatic carbocycles. The first-order chi connectivity index (χ1) is 18.7. The molecule has 0 fully saturated rings. The number of carbonyl (C=O) groups excluding carboxylic acids is 2. The quantitative estimate of drug-likeness (QED) is 0.327. The molecule has 0 spiro atoms. The largest absolute Gasteiger partial charge is 0.497 e. The van der Waals surface area contributed by atoms with Gasteiger partial charge in [0.05, 0.1) is 19.1 Å². The standard InChI is InChI=1S/C30H37N3O5S/c1-4-31-30(35)28(22-24-13-7-5-8-14-24)32(23-25-15-11-18-27(21-25)38-2)29(34)19-12-20-33(39(3,36)37)26-16-9-6-10-17-26/h5-11,13-18,21,28H,4,12,19-20,22-23H2,1-3H3,(H,31,35). The van der Waals surface area contributed by atoms with Crippen LogP contribution in [0.5, 0.6) is 5.75 Å². The van der Waals surface area contributed by atoms with Crippen molar-refractivity contribution in [3.05, 3.63) is 96.1 Å². The van der Waals surface area contributed by atoms with Gasteiger partial charge in [0.25, 0.3) is 0 Å². The number of sulfonamides is 1. The topological polar surface area (TPSA) is 96.0 Å². The number of carbonyl (C=O) groups is 2. The zero-order valence-electron chi connectivity index (χ0n) is 22.7. The van der Waals surface area contributed by atoms with E-state index in [1.165, 1.54) is 4.31 Å². The summed E-state index contributed by atoms with van der Waals surface area (Å²) in [6.45, 7) is 2.63. The van der Waals surface area contributed by atoms with Gasteiger partial charge in [-0.25, -0.2) is 8.42 Å². The molecule has 2 amide bonds. The molecule has 8 nitrogen and oxygen atoms in total. The molecule has 0 bridgehead atoms. The van der Waals surface area contributed by atoms with Crippen molar-refractivity contribution in [3.8, 4) is 5.75 Å². The Morgan fingerprint density at radius 3 is 2.18 bits per heavy atom. The number of para-hydroxylation sites is 1. The van der Waals surface area contributed by atoms with Gasteiger partial charge in [-0.3, -0.25) is 13.9 Å². The number of benzene rings is 3. The van der Waals surface area contributed by atoms with Crippen molar-refractivity contribution in [2.75, 3.05) is 30.8 Å². The van der Waals surface area contributed by atoms with E-state index in [0.29, 0.717) is 30.8 Å². The number of anilines is 1. The van der Waals surface area contributed by atoms with Crippen LogP contribution in [0.2, 0.25) is 0 Å². The molecule has 39 heavy (non-hydrogen) atoms. The average Bonchev–Trinajstić information content (AvgIpc) is 2.93. The van der Waals surface area contributed by atoms with Crippen LogP contribution >= 0.6 is 0 Å². The number of ether oxygens (including phenoxy) is 1. The normalized spacial score (nSPS) is 11.9. The van der Waals surface area contributed by atoms with Crippen molar-refractivity contribution in [2.24, 2.45) is 0 Å². The summed E-state index contributed by atoms with van der Waals surface area (Å²) in [7, 11) is -1.96. The molecule has 0 radical (unpaired) electrons. The minimum Gasteiger partial charge on any atom is -0.497 e. The molecule has 9 heteroatoms. The lowest BCUT2D eigenvalue weighted by molar-refractivity contribution is -0.141. The maximum Gasteiger partial charge on any atom is 0.243 e. The molecule has 208 valence electrons. The smallest absolute Gasteiger partial charge is 0.243 e. The Labute approximate surface area is 231 Å². The van der Waals surface area contributed by atoms with E-state index in [1.54, 1.807) is 36.3 Å². The fraction of sp³-hybridized carbons (Fsp3) is 0.333. The van der Waals surface area contributed by atoms with Gasteiger partial charge in [0.15, 0.2) is 0 Å². The molecule has 3 aromatic rings. The van der Waals surface area contributed by atoms with Crippen molar-refractivity contribution in [2.45, 2.75) is 38.8 Å². The molecule has 0 aliphatic rings. The molecule has 1 N–H and O–H groups in total. The van der Waals surface area contributed by atoms with Crippen LogP contribution in [0.1, 0.15) is 30.9 Å². The van der Waals surface area contributed by atoms with Gasteiger partial charge in [0.2, 0.25) is 21.8 Å². The summed E-state index contributed by atoms with van der Waals surface area (Å²) < 4.78 is 31.6. The van der Waals surface area contributed by atoms with Gasteiger partial charge in [-0.1, -0.05) is 60.7 Å². The molecular formula is C30H37N3O5S. The van der Waals surface area contributed by atoms with Gasteiger partial charge in [0, 0.05) is 32.5 Å². The number of rotatable bonds is 14. The van der Waals surface area contributed by atoms with E-state index >= 15 is 0 Å². The van der Waals surface area contributed by atoms with E-state index < -0.39 is 16.1 Å². The molecule has 0 aliphatic heterocycles. The Morgan fingerprint density at radius 2 is 1.56 bits per heavy atom. The zero-order valence-corrected chi connectivity index (χ0v) is 23.6. The van der Waals surface area contributed by atoms with Crippen LogP contribution < -0.4 is 14.4 Å². The van der Waals surface area contributed by atoms with Gasteiger partial charge >= 0.3 is 0 Å². The predicted molar refractivity (Wildman–Crippen MR) is 154 cm³/mol. The summed E-state index contributed by atoms with van der Waals surface area (Å²) in [5.74, 6) is 0.190. The van der Waals surface area contributed by atoms with E-state index in [4.69, 9.17) is 4.74 Å². The second kappa shape index (κ2) is 14.3. The summed E-state index contributed by atoms with van der Waals surface area (Å²) in [4.78, 5) is 28.6. The first kappa shape index (κ1) is 29.7. The third kappa shape index (κ3) is 8.85. The van der Waals surface area contributed by atoms with Crippen LogP contribution in [0.15, 0.2) is 84.9 Å².